The zero-order chi connectivity index (χ0) is 11.1. The fourth-order valence-electron chi connectivity index (χ4n) is 1.96. The van der Waals surface area contributed by atoms with E-state index in [0.717, 1.165) is 13.0 Å². The lowest BCUT2D eigenvalue weighted by Crippen LogP contribution is -2.24. The van der Waals surface area contributed by atoms with Gasteiger partial charge in [0.1, 0.15) is 0 Å². The molecule has 0 fully saturated rings. The molecule has 0 unspecified atom stereocenters. The van der Waals surface area contributed by atoms with Crippen LogP contribution in [0.15, 0.2) is 18.2 Å². The number of fused-ring (bicyclic) bond motifs is 1. The van der Waals surface area contributed by atoms with Crippen LogP contribution in [0.4, 0.5) is 5.69 Å². The summed E-state index contributed by atoms with van der Waals surface area (Å²) in [6.07, 6.45) is 4.50. The maximum absolute atomic E-state index is 3.46. The van der Waals surface area contributed by atoms with Gasteiger partial charge in [0.2, 0.25) is 0 Å². The van der Waals surface area contributed by atoms with E-state index in [1.807, 2.05) is 0 Å². The third kappa shape index (κ3) is 2.01. The first kappa shape index (κ1) is 10.5. The lowest BCUT2D eigenvalue weighted by Gasteiger charge is -2.29. The van der Waals surface area contributed by atoms with Crippen molar-refractivity contribution in [2.45, 2.75) is 32.6 Å². The van der Waals surface area contributed by atoms with Crippen LogP contribution in [-0.2, 0) is 5.41 Å². The summed E-state index contributed by atoms with van der Waals surface area (Å²) in [6, 6.07) is 6.75. The Kier molecular flexibility index (Phi) is 2.49. The molecule has 0 amide bonds. The predicted molar refractivity (Wildman–Crippen MR) is 65.4 cm³/mol. The first-order valence-corrected chi connectivity index (χ1v) is 5.58. The van der Waals surface area contributed by atoms with E-state index in [1.54, 1.807) is 0 Å². The summed E-state index contributed by atoms with van der Waals surface area (Å²) in [5.74, 6) is 0. The molecule has 1 aliphatic heterocycles. The van der Waals surface area contributed by atoms with Crippen molar-refractivity contribution in [3.63, 3.8) is 0 Å². The number of anilines is 1. The summed E-state index contributed by atoms with van der Waals surface area (Å²) in [7, 11) is 2.15. The number of nitrogens with zero attached hydrogens (tertiary/aromatic N) is 1. The van der Waals surface area contributed by atoms with Crippen molar-refractivity contribution >= 4 is 5.69 Å². The molecule has 0 aromatic heterocycles. The Morgan fingerprint density at radius 3 is 2.67 bits per heavy atom. The molecule has 1 heteroatoms. The van der Waals surface area contributed by atoms with Gasteiger partial charge in [-0.05, 0) is 29.0 Å². The Labute approximate surface area is 93.1 Å². The lowest BCUT2D eigenvalue weighted by atomic mass is 9.84. The Bertz CT molecular complexity index is 360. The molecular formula is C14H19N. The number of hydrogen-bond donors (Lipinski definition) is 0. The van der Waals surface area contributed by atoms with Gasteiger partial charge in [-0.2, -0.15) is 0 Å². The van der Waals surface area contributed by atoms with Crippen LogP contribution in [0.25, 0.3) is 0 Å². The van der Waals surface area contributed by atoms with Gasteiger partial charge in [-0.1, -0.05) is 32.9 Å². The van der Waals surface area contributed by atoms with Gasteiger partial charge >= 0.3 is 0 Å². The molecule has 1 nitrogen and oxygen atoms in total. The van der Waals surface area contributed by atoms with E-state index in [9.17, 15) is 0 Å². The van der Waals surface area contributed by atoms with Crippen LogP contribution in [0, 0.1) is 6.42 Å². The smallest absolute Gasteiger partial charge is 0.0402 e. The van der Waals surface area contributed by atoms with Crippen molar-refractivity contribution in [3.05, 3.63) is 35.7 Å². The highest BCUT2D eigenvalue weighted by atomic mass is 15.1. The third-order valence-electron chi connectivity index (χ3n) is 3.04. The van der Waals surface area contributed by atoms with Crippen LogP contribution in [0.3, 0.4) is 0 Å². The maximum atomic E-state index is 3.46. The summed E-state index contributed by atoms with van der Waals surface area (Å²) in [4.78, 5) is 2.30. The monoisotopic (exact) mass is 201 g/mol. The molecule has 2 rings (SSSR count). The average Bonchev–Trinajstić information content (AvgIpc) is 2.16. The van der Waals surface area contributed by atoms with Gasteiger partial charge < -0.3 is 4.90 Å². The number of benzene rings is 1. The van der Waals surface area contributed by atoms with E-state index in [4.69, 9.17) is 0 Å². The summed E-state index contributed by atoms with van der Waals surface area (Å²) >= 11 is 0. The number of rotatable bonds is 0. The van der Waals surface area contributed by atoms with Crippen LogP contribution >= 0.6 is 0 Å². The van der Waals surface area contributed by atoms with Crippen molar-refractivity contribution in [3.8, 4) is 0 Å². The molecule has 1 aromatic carbocycles. The van der Waals surface area contributed by atoms with Crippen molar-refractivity contribution in [1.29, 1.82) is 0 Å². The fraction of sp³-hybridized carbons (Fsp3) is 0.500. The van der Waals surface area contributed by atoms with Gasteiger partial charge in [0.05, 0.1) is 0 Å². The van der Waals surface area contributed by atoms with Gasteiger partial charge in [0, 0.05) is 25.7 Å². The SMILES string of the molecule is CN1CC[C]c2cc(C(C)(C)C)ccc21. The highest BCUT2D eigenvalue weighted by Gasteiger charge is 2.19. The van der Waals surface area contributed by atoms with Crippen LogP contribution in [0.2, 0.25) is 0 Å². The molecule has 2 radical (unpaired) electrons. The van der Waals surface area contributed by atoms with Gasteiger partial charge in [-0.3, -0.25) is 0 Å². The van der Waals surface area contributed by atoms with Crippen molar-refractivity contribution in [1.82, 2.24) is 0 Å². The first-order valence-electron chi connectivity index (χ1n) is 5.58. The zero-order valence-corrected chi connectivity index (χ0v) is 10.1. The van der Waals surface area contributed by atoms with Crippen LogP contribution < -0.4 is 4.90 Å². The second-order valence-corrected chi connectivity index (χ2v) is 5.33. The largest absolute Gasteiger partial charge is 0.374 e. The summed E-state index contributed by atoms with van der Waals surface area (Å²) in [6.45, 7) is 7.84. The molecule has 0 bridgehead atoms. The molecule has 1 aromatic rings. The highest BCUT2D eigenvalue weighted by molar-refractivity contribution is 5.60. The van der Waals surface area contributed by atoms with Crippen molar-refractivity contribution in [2.75, 3.05) is 18.5 Å². The quantitative estimate of drug-likeness (QED) is 0.623. The molecule has 0 N–H and O–H groups in total. The molecule has 80 valence electrons. The van der Waals surface area contributed by atoms with Crippen molar-refractivity contribution < 1.29 is 0 Å². The standard InChI is InChI=1S/C14H19N/c1-14(2,3)12-7-8-13-11(10-12)6-5-9-15(13)4/h7-8,10H,5,9H2,1-4H3. The Balaban J connectivity index is 2.42. The summed E-state index contributed by atoms with van der Waals surface area (Å²) in [5, 5.41) is 0. The summed E-state index contributed by atoms with van der Waals surface area (Å²) < 4.78 is 0. The molecule has 0 saturated heterocycles. The van der Waals surface area contributed by atoms with Gasteiger partial charge in [0.25, 0.3) is 0 Å². The minimum atomic E-state index is 0.229. The van der Waals surface area contributed by atoms with Crippen molar-refractivity contribution in [2.24, 2.45) is 0 Å². The maximum Gasteiger partial charge on any atom is 0.0402 e. The average molecular weight is 201 g/mol. The van der Waals surface area contributed by atoms with Crippen LogP contribution in [0.1, 0.15) is 38.3 Å². The Morgan fingerprint density at radius 1 is 1.27 bits per heavy atom. The van der Waals surface area contributed by atoms with Crippen LogP contribution in [0.5, 0.6) is 0 Å². The molecule has 0 aliphatic carbocycles. The predicted octanol–water partition coefficient (Wildman–Crippen LogP) is 3.25. The van der Waals surface area contributed by atoms with Crippen LogP contribution in [-0.4, -0.2) is 13.6 Å². The third-order valence-corrected chi connectivity index (χ3v) is 3.04. The van der Waals surface area contributed by atoms with E-state index >= 15 is 0 Å². The molecular weight excluding hydrogens is 182 g/mol. The lowest BCUT2D eigenvalue weighted by molar-refractivity contribution is 0.589. The fourth-order valence-corrected chi connectivity index (χ4v) is 1.96. The molecule has 1 heterocycles. The molecule has 15 heavy (non-hydrogen) atoms. The number of hydrogen-bond acceptors (Lipinski definition) is 1. The zero-order valence-electron chi connectivity index (χ0n) is 10.1. The molecule has 1 aliphatic rings. The normalized spacial score (nSPS) is 16.4. The van der Waals surface area contributed by atoms with E-state index in [-0.39, 0.29) is 5.41 Å². The minimum Gasteiger partial charge on any atom is -0.374 e. The minimum absolute atomic E-state index is 0.229. The second-order valence-electron chi connectivity index (χ2n) is 5.33. The van der Waals surface area contributed by atoms with E-state index in [0.29, 0.717) is 0 Å². The van der Waals surface area contributed by atoms with Gasteiger partial charge in [-0.25, -0.2) is 0 Å². The molecule has 0 spiro atoms. The molecule has 0 atom stereocenters. The highest BCUT2D eigenvalue weighted by Crippen LogP contribution is 2.32. The first-order chi connectivity index (χ1) is 6.98. The molecule has 0 saturated carbocycles. The Morgan fingerprint density at radius 2 is 2.00 bits per heavy atom. The van der Waals surface area contributed by atoms with E-state index in [2.05, 4.69) is 57.3 Å². The van der Waals surface area contributed by atoms with Gasteiger partial charge in [0.15, 0.2) is 0 Å². The second kappa shape index (κ2) is 3.55. The van der Waals surface area contributed by atoms with Gasteiger partial charge in [-0.15, -0.1) is 0 Å². The topological polar surface area (TPSA) is 3.24 Å². The Hall–Kier alpha value is -0.980. The van der Waals surface area contributed by atoms with E-state index in [1.165, 1.54) is 16.8 Å². The van der Waals surface area contributed by atoms with E-state index < -0.39 is 0 Å². The summed E-state index contributed by atoms with van der Waals surface area (Å²) in [5.41, 5.74) is 4.21.